The van der Waals surface area contributed by atoms with Crippen LogP contribution in [0.4, 0.5) is 11.5 Å². The number of aryl methyl sites for hydroxylation is 1. The van der Waals surface area contributed by atoms with Gasteiger partial charge in [0.1, 0.15) is 11.8 Å². The Kier molecular flexibility index (Phi) is 3.80. The molecule has 0 saturated heterocycles. The minimum Gasteiger partial charge on any atom is -0.402 e. The number of amides is 1. The fourth-order valence-corrected chi connectivity index (χ4v) is 2.41. The topological polar surface area (TPSA) is 88.4 Å². The lowest BCUT2D eigenvalue weighted by molar-refractivity contribution is 0.0981. The van der Waals surface area contributed by atoms with Gasteiger partial charge in [0.2, 0.25) is 13.9 Å². The maximum Gasteiger partial charge on any atom is 0.238 e. The van der Waals surface area contributed by atoms with E-state index in [1.54, 1.807) is 36.9 Å². The molecule has 2 aromatic heterocycles. The summed E-state index contributed by atoms with van der Waals surface area (Å²) in [5.41, 5.74) is 3.35. The van der Waals surface area contributed by atoms with Gasteiger partial charge in [-0.2, -0.15) is 5.10 Å². The van der Waals surface area contributed by atoms with Crippen molar-refractivity contribution in [2.24, 2.45) is 0 Å². The van der Waals surface area contributed by atoms with Crippen LogP contribution in [0.1, 0.15) is 26.3 Å². The first-order chi connectivity index (χ1) is 11.1. The lowest BCUT2D eigenvalue weighted by Gasteiger charge is -2.09. The molecule has 0 saturated carbocycles. The molecule has 0 unspecified atom stereocenters. The van der Waals surface area contributed by atoms with E-state index in [9.17, 15) is 9.59 Å². The van der Waals surface area contributed by atoms with Gasteiger partial charge in [0.25, 0.3) is 0 Å². The lowest BCUT2D eigenvalue weighted by Crippen LogP contribution is -2.19. The fraction of sp³-hybridized carbons (Fsp3) is 0.0667. The van der Waals surface area contributed by atoms with Crippen LogP contribution in [0.15, 0.2) is 36.8 Å². The van der Waals surface area contributed by atoms with Gasteiger partial charge in [0.05, 0.1) is 0 Å². The molecule has 1 aromatic carbocycles. The van der Waals surface area contributed by atoms with Crippen LogP contribution in [0.5, 0.6) is 0 Å². The highest BCUT2D eigenvalue weighted by molar-refractivity contribution is 6.18. The molecule has 114 valence electrons. The molecule has 0 aliphatic rings. The van der Waals surface area contributed by atoms with Gasteiger partial charge in [-0.3, -0.25) is 9.59 Å². The Morgan fingerprint density at radius 2 is 2.22 bits per heavy atom. The number of carbonyl (C=O) groups excluding carboxylic acids is 2. The number of aromatic nitrogens is 3. The molecular weight excluding hydrogens is 293 g/mol. The first-order valence-corrected chi connectivity index (χ1v) is 7.01. The van der Waals surface area contributed by atoms with E-state index >= 15 is 0 Å². The second kappa shape index (κ2) is 5.92. The van der Waals surface area contributed by atoms with Crippen LogP contribution < -0.4 is 10.5 Å². The van der Waals surface area contributed by atoms with Crippen molar-refractivity contribution in [2.75, 3.05) is 5.32 Å². The average Bonchev–Trinajstić information content (AvgIpc) is 2.91. The largest absolute Gasteiger partial charge is 0.402 e. The Morgan fingerprint density at radius 1 is 1.39 bits per heavy atom. The van der Waals surface area contributed by atoms with Gasteiger partial charge in [-0.25, -0.2) is 9.50 Å². The molecule has 0 spiro atoms. The van der Waals surface area contributed by atoms with Gasteiger partial charge in [-0.15, -0.1) is 0 Å². The van der Waals surface area contributed by atoms with Crippen LogP contribution in [0.3, 0.4) is 0 Å². The van der Waals surface area contributed by atoms with Crippen LogP contribution in [-0.2, 0) is 0 Å². The van der Waals surface area contributed by atoms with Crippen molar-refractivity contribution < 1.29 is 9.59 Å². The van der Waals surface area contributed by atoms with E-state index in [-0.39, 0.29) is 5.91 Å². The molecule has 3 aromatic rings. The molecule has 0 aliphatic heterocycles. The maximum absolute atomic E-state index is 11.7. The first kappa shape index (κ1) is 14.8. The second-order valence-electron chi connectivity index (χ2n) is 5.01. The molecule has 0 radical (unpaired) electrons. The smallest absolute Gasteiger partial charge is 0.238 e. The summed E-state index contributed by atoms with van der Waals surface area (Å²) in [6, 6.07) is 7.08. The lowest BCUT2D eigenvalue weighted by atomic mass is 10.1. The number of hydrogen-bond donors (Lipinski definition) is 2. The third-order valence-corrected chi connectivity index (χ3v) is 3.61. The Hall–Kier alpha value is -3.16. The van der Waals surface area contributed by atoms with E-state index in [1.807, 2.05) is 13.0 Å². The van der Waals surface area contributed by atoms with Gasteiger partial charge < -0.3 is 10.5 Å². The van der Waals surface area contributed by atoms with Gasteiger partial charge in [0, 0.05) is 23.0 Å². The van der Waals surface area contributed by atoms with Crippen molar-refractivity contribution in [3.63, 3.8) is 0 Å². The molecular formula is C15H14BN5O2. The molecule has 0 atom stereocenters. The van der Waals surface area contributed by atoms with Crippen molar-refractivity contribution in [3.05, 3.63) is 53.5 Å². The molecule has 8 heteroatoms. The highest BCUT2D eigenvalue weighted by Crippen LogP contribution is 2.24. The molecule has 7 nitrogen and oxygen atoms in total. The zero-order valence-electron chi connectivity index (χ0n) is 12.7. The quantitative estimate of drug-likeness (QED) is 0.551. The Morgan fingerprint density at radius 3 is 2.96 bits per heavy atom. The summed E-state index contributed by atoms with van der Waals surface area (Å²) in [6.07, 6.45) is 3.86. The predicted octanol–water partition coefficient (Wildman–Crippen LogP) is 0.872. The van der Waals surface area contributed by atoms with E-state index in [1.165, 1.54) is 6.33 Å². The summed E-state index contributed by atoms with van der Waals surface area (Å²) in [5, 5.41) is 9.88. The summed E-state index contributed by atoms with van der Waals surface area (Å²) in [4.78, 5) is 27.1. The zero-order valence-corrected chi connectivity index (χ0v) is 12.7. The highest BCUT2D eigenvalue weighted by atomic mass is 16.1. The van der Waals surface area contributed by atoms with Gasteiger partial charge in [-0.1, -0.05) is 6.07 Å². The van der Waals surface area contributed by atoms with Crippen LogP contribution >= 0.6 is 0 Å². The summed E-state index contributed by atoms with van der Waals surface area (Å²) < 4.78 is 1.61. The second-order valence-corrected chi connectivity index (χ2v) is 5.01. The molecule has 0 aliphatic carbocycles. The summed E-state index contributed by atoms with van der Waals surface area (Å²) in [7, 11) is 1.58. The van der Waals surface area contributed by atoms with Gasteiger partial charge >= 0.3 is 0 Å². The normalized spacial score (nSPS) is 10.5. The number of hydrogen-bond acceptors (Lipinski definition) is 5. The number of aldehydes is 1. The van der Waals surface area contributed by atoms with Crippen molar-refractivity contribution in [1.82, 2.24) is 19.8 Å². The number of rotatable bonds is 4. The predicted molar refractivity (Wildman–Crippen MR) is 88.8 cm³/mol. The number of anilines is 2. The van der Waals surface area contributed by atoms with Crippen molar-refractivity contribution in [3.8, 4) is 0 Å². The van der Waals surface area contributed by atoms with Crippen molar-refractivity contribution >= 4 is 37.2 Å². The average molecular weight is 307 g/mol. The maximum atomic E-state index is 11.7. The Balaban J connectivity index is 2.03. The van der Waals surface area contributed by atoms with Crippen LogP contribution in [0.25, 0.3) is 5.52 Å². The summed E-state index contributed by atoms with van der Waals surface area (Å²) in [5.74, 6) is 0.406. The Labute approximate surface area is 133 Å². The van der Waals surface area contributed by atoms with Crippen LogP contribution in [-0.4, -0.2) is 34.8 Å². The molecule has 0 bridgehead atoms. The molecule has 2 heterocycles. The molecule has 1 amide bonds. The first-order valence-electron chi connectivity index (χ1n) is 7.01. The van der Waals surface area contributed by atoms with Crippen molar-refractivity contribution in [1.29, 1.82) is 0 Å². The fourth-order valence-electron chi connectivity index (χ4n) is 2.41. The molecule has 23 heavy (non-hydrogen) atoms. The minimum absolute atomic E-state index is 0.163. The SMILES string of the molecule is BNC(=O)c1cccc(Nc2ncnn3cc(C=O)c(C)c23)c1. The number of nitrogens with one attached hydrogen (secondary N) is 2. The number of nitrogens with zero attached hydrogens (tertiary/aromatic N) is 3. The van der Waals surface area contributed by atoms with Crippen LogP contribution in [0, 0.1) is 6.92 Å². The third-order valence-electron chi connectivity index (χ3n) is 3.61. The minimum atomic E-state index is -0.163. The monoisotopic (exact) mass is 307 g/mol. The summed E-state index contributed by atoms with van der Waals surface area (Å²) in [6.45, 7) is 1.84. The molecule has 2 N–H and O–H groups in total. The Bertz CT molecular complexity index is 906. The highest BCUT2D eigenvalue weighted by Gasteiger charge is 2.13. The number of carbonyl (C=O) groups is 2. The van der Waals surface area contributed by atoms with Gasteiger partial charge in [-0.05, 0) is 30.7 Å². The van der Waals surface area contributed by atoms with E-state index in [4.69, 9.17) is 0 Å². The molecule has 0 fully saturated rings. The van der Waals surface area contributed by atoms with Gasteiger partial charge in [0.15, 0.2) is 12.1 Å². The third kappa shape index (κ3) is 2.66. The van der Waals surface area contributed by atoms with E-state index in [2.05, 4.69) is 20.6 Å². The van der Waals surface area contributed by atoms with Crippen molar-refractivity contribution in [2.45, 2.75) is 6.92 Å². The standard InChI is InChI=1S/C15H14BN5O2/c1-9-11(7-22)6-21-13(9)14(17-8-18-21)19-12-4-2-3-10(5-12)15(23)20-16/h2-8H,16H2,1H3,(H,20,23)(H,17,18,19). The summed E-state index contributed by atoms with van der Waals surface area (Å²) >= 11 is 0. The number of fused-ring (bicyclic) bond motifs is 1. The molecule has 3 rings (SSSR count). The van der Waals surface area contributed by atoms with E-state index < -0.39 is 0 Å². The number of benzene rings is 1. The zero-order chi connectivity index (χ0) is 16.4. The van der Waals surface area contributed by atoms with E-state index in [0.717, 1.165) is 23.1 Å². The van der Waals surface area contributed by atoms with E-state index in [0.29, 0.717) is 16.9 Å². The van der Waals surface area contributed by atoms with Crippen LogP contribution in [0.2, 0.25) is 0 Å².